The van der Waals surface area contributed by atoms with Crippen LogP contribution in [0.3, 0.4) is 0 Å². The van der Waals surface area contributed by atoms with Gasteiger partial charge in [-0.15, -0.1) is 0 Å². The molecule has 35 heavy (non-hydrogen) atoms. The van der Waals surface area contributed by atoms with Gasteiger partial charge in [-0.05, 0) is 85.0 Å². The van der Waals surface area contributed by atoms with Crippen molar-refractivity contribution in [2.24, 2.45) is 0 Å². The van der Waals surface area contributed by atoms with Gasteiger partial charge in [-0.25, -0.2) is 0 Å². The number of carbonyl (C=O) groups excluding carboxylic acids is 1. The lowest BCUT2D eigenvalue weighted by Crippen LogP contribution is -2.06. The predicted molar refractivity (Wildman–Crippen MR) is 136 cm³/mol. The van der Waals surface area contributed by atoms with Gasteiger partial charge in [-0.2, -0.15) is 0 Å². The summed E-state index contributed by atoms with van der Waals surface area (Å²) in [5.41, 5.74) is 2.01. The monoisotopic (exact) mass is 478 g/mol. The molecule has 0 aromatic heterocycles. The minimum Gasteiger partial charge on any atom is -0.497 e. The predicted octanol–water partition coefficient (Wildman–Crippen LogP) is 6.39. The Kier molecular flexibility index (Phi) is 10.3. The molecule has 0 aliphatic carbocycles. The molecule has 6 nitrogen and oxygen atoms in total. The minimum atomic E-state index is -0.262. The van der Waals surface area contributed by atoms with Gasteiger partial charge in [0.2, 0.25) is 0 Å². The quantitative estimate of drug-likeness (QED) is 0.198. The first-order chi connectivity index (χ1) is 17.1. The number of methoxy groups -OCH3 is 2. The van der Waals surface area contributed by atoms with E-state index in [1.54, 1.807) is 7.11 Å². The molecule has 0 bridgehead atoms. The molecule has 0 atom stereocenters. The molecule has 6 heteroatoms. The lowest BCUT2D eigenvalue weighted by atomic mass is 10.1. The maximum absolute atomic E-state index is 11.4. The lowest BCUT2D eigenvalue weighted by molar-refractivity contribution is -0.139. The van der Waals surface area contributed by atoms with Crippen LogP contribution in [0.15, 0.2) is 66.7 Å². The van der Waals surface area contributed by atoms with Crippen LogP contribution in [0.1, 0.15) is 37.3 Å². The van der Waals surface area contributed by atoms with Crippen molar-refractivity contribution in [3.8, 4) is 28.7 Å². The van der Waals surface area contributed by atoms with Crippen molar-refractivity contribution in [3.05, 3.63) is 77.9 Å². The van der Waals surface area contributed by atoms with Crippen molar-refractivity contribution in [1.82, 2.24) is 0 Å². The highest BCUT2D eigenvalue weighted by Gasteiger charge is 2.08. The number of aryl methyl sites for hydroxylation is 1. The van der Waals surface area contributed by atoms with Crippen molar-refractivity contribution in [2.75, 3.05) is 27.4 Å². The normalized spacial score (nSPS) is 10.5. The molecule has 0 saturated carbocycles. The number of benzene rings is 3. The van der Waals surface area contributed by atoms with Crippen LogP contribution in [0.5, 0.6) is 28.7 Å². The Morgan fingerprint density at radius 3 is 2.20 bits per heavy atom. The Hall–Kier alpha value is -3.67. The second kappa shape index (κ2) is 13.9. The van der Waals surface area contributed by atoms with Gasteiger partial charge < -0.3 is 23.7 Å². The first kappa shape index (κ1) is 25.9. The smallest absolute Gasteiger partial charge is 0.309 e. The zero-order chi connectivity index (χ0) is 24.9. The van der Waals surface area contributed by atoms with E-state index in [4.69, 9.17) is 23.7 Å². The van der Waals surface area contributed by atoms with Crippen LogP contribution < -0.4 is 18.9 Å². The number of rotatable bonds is 14. The molecule has 186 valence electrons. The molecular weight excluding hydrogens is 444 g/mol. The first-order valence-corrected chi connectivity index (χ1v) is 12.0. The zero-order valence-electron chi connectivity index (χ0n) is 20.8. The topological polar surface area (TPSA) is 63.2 Å². The molecule has 0 fully saturated rings. The van der Waals surface area contributed by atoms with Gasteiger partial charge in [0.05, 0.1) is 33.9 Å². The van der Waals surface area contributed by atoms with Crippen LogP contribution in [-0.4, -0.2) is 33.4 Å². The molecule has 3 aromatic rings. The summed E-state index contributed by atoms with van der Waals surface area (Å²) in [5, 5.41) is 0. The highest BCUT2D eigenvalue weighted by molar-refractivity contribution is 5.72. The van der Waals surface area contributed by atoms with Crippen LogP contribution in [0.25, 0.3) is 0 Å². The summed E-state index contributed by atoms with van der Waals surface area (Å²) in [4.78, 5) is 11.4. The largest absolute Gasteiger partial charge is 0.497 e. The van der Waals surface area contributed by atoms with E-state index in [-0.39, 0.29) is 12.4 Å². The van der Waals surface area contributed by atoms with Crippen molar-refractivity contribution in [3.63, 3.8) is 0 Å². The molecule has 3 rings (SSSR count). The van der Waals surface area contributed by atoms with Gasteiger partial charge in [0.1, 0.15) is 28.7 Å². The molecule has 0 aliphatic heterocycles. The van der Waals surface area contributed by atoms with E-state index < -0.39 is 0 Å². The van der Waals surface area contributed by atoms with Gasteiger partial charge in [0.25, 0.3) is 0 Å². The van der Waals surface area contributed by atoms with Crippen molar-refractivity contribution in [2.45, 2.75) is 39.0 Å². The minimum absolute atomic E-state index is 0.242. The van der Waals surface area contributed by atoms with E-state index >= 15 is 0 Å². The van der Waals surface area contributed by atoms with Gasteiger partial charge in [-0.3, -0.25) is 4.79 Å². The Bertz CT molecular complexity index is 1060. The van der Waals surface area contributed by atoms with Crippen LogP contribution in [-0.2, 0) is 22.4 Å². The first-order valence-electron chi connectivity index (χ1n) is 12.0. The molecule has 0 radical (unpaired) electrons. The highest BCUT2D eigenvalue weighted by atomic mass is 16.5. The third-order valence-corrected chi connectivity index (χ3v) is 5.39. The van der Waals surface area contributed by atoms with Crippen LogP contribution in [0.2, 0.25) is 0 Å². The fourth-order valence-corrected chi connectivity index (χ4v) is 3.57. The summed E-state index contributed by atoms with van der Waals surface area (Å²) < 4.78 is 27.8. The second-order valence-electron chi connectivity index (χ2n) is 8.10. The Morgan fingerprint density at radius 1 is 0.771 bits per heavy atom. The van der Waals surface area contributed by atoms with Gasteiger partial charge in [-0.1, -0.05) is 25.5 Å². The van der Waals surface area contributed by atoms with Gasteiger partial charge >= 0.3 is 5.97 Å². The number of hydrogen-bond donors (Lipinski definition) is 0. The molecule has 0 saturated heterocycles. The van der Waals surface area contributed by atoms with Crippen molar-refractivity contribution < 1.29 is 28.5 Å². The van der Waals surface area contributed by atoms with E-state index in [0.717, 1.165) is 65.6 Å². The summed E-state index contributed by atoms with van der Waals surface area (Å²) >= 11 is 0. The molecule has 0 unspecified atom stereocenters. The molecule has 0 aliphatic rings. The third-order valence-electron chi connectivity index (χ3n) is 5.39. The van der Waals surface area contributed by atoms with Gasteiger partial charge in [0.15, 0.2) is 0 Å². The number of hydrogen-bond acceptors (Lipinski definition) is 6. The van der Waals surface area contributed by atoms with Crippen LogP contribution >= 0.6 is 0 Å². The number of unbranched alkanes of at least 4 members (excludes halogenated alkanes) is 1. The maximum atomic E-state index is 11.4. The fraction of sp³-hybridized carbons (Fsp3) is 0.345. The Labute approximate surface area is 207 Å². The molecule has 0 amide bonds. The summed E-state index contributed by atoms with van der Waals surface area (Å²) in [5.74, 6) is 3.73. The summed E-state index contributed by atoms with van der Waals surface area (Å²) in [6.07, 6.45) is 3.91. The average molecular weight is 479 g/mol. The molecule has 3 aromatic carbocycles. The Morgan fingerprint density at radius 2 is 1.49 bits per heavy atom. The number of esters is 1. The summed E-state index contributed by atoms with van der Waals surface area (Å²) in [6.45, 7) is 3.35. The average Bonchev–Trinajstić information content (AvgIpc) is 2.88. The van der Waals surface area contributed by atoms with Crippen molar-refractivity contribution in [1.29, 1.82) is 0 Å². The maximum Gasteiger partial charge on any atom is 0.309 e. The zero-order valence-corrected chi connectivity index (χ0v) is 20.8. The standard InChI is InChI=1S/C29H34O6/c1-4-8-23-21-27(35-25-13-11-24(31-2)12-14-25)15-16-28(23)34-18-6-5-17-33-26-10-7-9-22(19-26)20-29(30)32-3/h7,9-16,19,21H,4-6,8,17-18,20H2,1-3H3. The van der Waals surface area contributed by atoms with Crippen LogP contribution in [0, 0.1) is 0 Å². The van der Waals surface area contributed by atoms with E-state index in [1.165, 1.54) is 7.11 Å². The third kappa shape index (κ3) is 8.56. The second-order valence-corrected chi connectivity index (χ2v) is 8.10. The molecular formula is C29H34O6. The van der Waals surface area contributed by atoms with E-state index in [9.17, 15) is 4.79 Å². The molecule has 0 N–H and O–H groups in total. The van der Waals surface area contributed by atoms with E-state index in [0.29, 0.717) is 13.2 Å². The summed E-state index contributed by atoms with van der Waals surface area (Å²) in [7, 11) is 3.03. The SMILES string of the molecule is CCCc1cc(Oc2ccc(OC)cc2)ccc1OCCCCOc1cccc(CC(=O)OC)c1. The number of ether oxygens (including phenoxy) is 5. The molecule has 0 spiro atoms. The summed E-state index contributed by atoms with van der Waals surface area (Å²) in [6, 6.07) is 21.0. The Balaban J connectivity index is 1.45. The fourth-order valence-electron chi connectivity index (χ4n) is 3.57. The van der Waals surface area contributed by atoms with Gasteiger partial charge in [0, 0.05) is 0 Å². The lowest BCUT2D eigenvalue weighted by Gasteiger charge is -2.14. The van der Waals surface area contributed by atoms with E-state index in [1.807, 2.05) is 66.7 Å². The van der Waals surface area contributed by atoms with E-state index in [2.05, 4.69) is 6.92 Å². The molecule has 0 heterocycles. The highest BCUT2D eigenvalue weighted by Crippen LogP contribution is 2.30. The number of carbonyl (C=O) groups is 1. The van der Waals surface area contributed by atoms with Crippen LogP contribution in [0.4, 0.5) is 0 Å². The van der Waals surface area contributed by atoms with Crippen molar-refractivity contribution >= 4 is 5.97 Å².